The van der Waals surface area contributed by atoms with Crippen LogP contribution in [0.25, 0.3) is 11.1 Å². The standard InChI is InChI=1S/C47H40N4O5/c52-43-25-24-32(26-44(43)53)28-49-45(54)42(27-36-29-48-31-50-36)51(46(55)56-30-41-39-22-12-10-20-37(39)38-21-11-13-23-40(38)41)47(33-14-4-1-5-15-33,34-16-6-2-7-17-34)35-18-8-3-9-19-35/h1-26,29,31,41-42,52-53H,27-28,30H2,(H,48,50)(H,49,54)/t42-/m0/s1. The second-order valence-corrected chi connectivity index (χ2v) is 13.8. The molecule has 278 valence electrons. The first-order valence-electron chi connectivity index (χ1n) is 18.5. The van der Waals surface area contributed by atoms with Crippen LogP contribution in [0, 0.1) is 0 Å². The third kappa shape index (κ3) is 6.75. The van der Waals surface area contributed by atoms with Crippen LogP contribution < -0.4 is 5.32 Å². The van der Waals surface area contributed by atoms with Gasteiger partial charge in [0.1, 0.15) is 18.2 Å². The number of rotatable bonds is 12. The maximum atomic E-state index is 15.6. The van der Waals surface area contributed by atoms with E-state index < -0.39 is 23.6 Å². The average molecular weight is 741 g/mol. The van der Waals surface area contributed by atoms with Gasteiger partial charge in [0.25, 0.3) is 0 Å². The third-order valence-electron chi connectivity index (χ3n) is 10.6. The number of phenolic OH excluding ortho intramolecular Hbond substituents is 2. The van der Waals surface area contributed by atoms with E-state index in [9.17, 15) is 15.0 Å². The second-order valence-electron chi connectivity index (χ2n) is 13.8. The second kappa shape index (κ2) is 15.7. The smallest absolute Gasteiger partial charge is 0.411 e. The van der Waals surface area contributed by atoms with Crippen molar-refractivity contribution >= 4 is 12.0 Å². The van der Waals surface area contributed by atoms with Gasteiger partial charge in [0.05, 0.1) is 6.33 Å². The molecule has 1 aliphatic rings. The predicted octanol–water partition coefficient (Wildman–Crippen LogP) is 8.29. The zero-order valence-corrected chi connectivity index (χ0v) is 30.5. The number of aromatic amines is 1. The van der Waals surface area contributed by atoms with Crippen LogP contribution in [0.2, 0.25) is 0 Å². The molecule has 0 fully saturated rings. The van der Waals surface area contributed by atoms with Crippen LogP contribution in [0.3, 0.4) is 0 Å². The van der Waals surface area contributed by atoms with Crippen molar-refractivity contribution in [3.8, 4) is 22.6 Å². The number of aromatic nitrogens is 2. The molecule has 6 aromatic carbocycles. The largest absolute Gasteiger partial charge is 0.504 e. The fourth-order valence-corrected chi connectivity index (χ4v) is 8.01. The Hall–Kier alpha value is -7.13. The van der Waals surface area contributed by atoms with E-state index in [1.807, 2.05) is 115 Å². The normalized spacial score (nSPS) is 12.6. The molecule has 1 aliphatic carbocycles. The van der Waals surface area contributed by atoms with Gasteiger partial charge in [-0.05, 0) is 56.6 Å². The van der Waals surface area contributed by atoms with Crippen molar-refractivity contribution in [2.24, 2.45) is 0 Å². The summed E-state index contributed by atoms with van der Waals surface area (Å²) in [5, 5.41) is 23.2. The highest BCUT2D eigenvalue weighted by Gasteiger charge is 2.51. The zero-order chi connectivity index (χ0) is 38.5. The summed E-state index contributed by atoms with van der Waals surface area (Å²) in [7, 11) is 0. The number of hydrogen-bond acceptors (Lipinski definition) is 6. The summed E-state index contributed by atoms with van der Waals surface area (Å²) in [5.41, 5.74) is 6.38. The molecule has 1 atom stereocenters. The number of benzene rings is 6. The Labute approximate surface area is 324 Å². The minimum Gasteiger partial charge on any atom is -0.504 e. The molecule has 0 bridgehead atoms. The number of amides is 2. The van der Waals surface area contributed by atoms with Crippen molar-refractivity contribution in [3.05, 3.63) is 209 Å². The highest BCUT2D eigenvalue weighted by atomic mass is 16.6. The summed E-state index contributed by atoms with van der Waals surface area (Å²) in [6.07, 6.45) is 2.56. The van der Waals surface area contributed by atoms with Crippen LogP contribution in [-0.4, -0.2) is 49.7 Å². The Morgan fingerprint density at radius 2 is 1.25 bits per heavy atom. The average Bonchev–Trinajstić information content (AvgIpc) is 3.88. The van der Waals surface area contributed by atoms with E-state index in [4.69, 9.17) is 4.74 Å². The molecule has 4 N–H and O–H groups in total. The van der Waals surface area contributed by atoms with Crippen LogP contribution in [0.15, 0.2) is 170 Å². The van der Waals surface area contributed by atoms with Gasteiger partial charge >= 0.3 is 6.09 Å². The van der Waals surface area contributed by atoms with Crippen LogP contribution in [-0.2, 0) is 28.0 Å². The summed E-state index contributed by atoms with van der Waals surface area (Å²) in [6.45, 7) is 0.0443. The lowest BCUT2D eigenvalue weighted by atomic mass is 9.74. The Kier molecular flexibility index (Phi) is 10.1. The molecule has 56 heavy (non-hydrogen) atoms. The van der Waals surface area contributed by atoms with Crippen molar-refractivity contribution in [1.29, 1.82) is 0 Å². The summed E-state index contributed by atoms with van der Waals surface area (Å²) in [5.74, 6) is -1.26. The highest BCUT2D eigenvalue weighted by Crippen LogP contribution is 2.47. The monoisotopic (exact) mass is 740 g/mol. The fraction of sp³-hybridized carbons (Fsp3) is 0.128. The van der Waals surface area contributed by atoms with E-state index in [1.54, 1.807) is 23.5 Å². The maximum Gasteiger partial charge on any atom is 0.411 e. The Balaban J connectivity index is 1.30. The van der Waals surface area contributed by atoms with E-state index in [0.29, 0.717) is 11.3 Å². The van der Waals surface area contributed by atoms with E-state index in [-0.39, 0.29) is 37.0 Å². The molecule has 9 heteroatoms. The van der Waals surface area contributed by atoms with Gasteiger partial charge in [0.2, 0.25) is 5.91 Å². The molecule has 0 radical (unpaired) electrons. The number of ether oxygens (including phenoxy) is 1. The van der Waals surface area contributed by atoms with Gasteiger partial charge in [-0.1, -0.05) is 146 Å². The lowest BCUT2D eigenvalue weighted by Crippen LogP contribution is -2.61. The minimum atomic E-state index is -1.38. The van der Waals surface area contributed by atoms with Crippen LogP contribution in [0.4, 0.5) is 4.79 Å². The number of H-pyrrole nitrogens is 1. The Morgan fingerprint density at radius 1 is 0.714 bits per heavy atom. The summed E-state index contributed by atoms with van der Waals surface area (Å²) < 4.78 is 6.53. The van der Waals surface area contributed by atoms with Crippen LogP contribution in [0.1, 0.15) is 45.0 Å². The Morgan fingerprint density at radius 3 is 1.77 bits per heavy atom. The summed E-state index contributed by atoms with van der Waals surface area (Å²) in [6, 6.07) is 48.7. The van der Waals surface area contributed by atoms with Crippen molar-refractivity contribution in [2.75, 3.05) is 6.61 Å². The number of phenols is 2. The van der Waals surface area contributed by atoms with Gasteiger partial charge in [-0.2, -0.15) is 0 Å². The molecular weight excluding hydrogens is 701 g/mol. The number of aromatic hydroxyl groups is 2. The van der Waals surface area contributed by atoms with Gasteiger partial charge in [-0.3, -0.25) is 9.69 Å². The molecule has 0 spiro atoms. The molecule has 1 heterocycles. The lowest BCUT2D eigenvalue weighted by molar-refractivity contribution is -0.127. The number of fused-ring (bicyclic) bond motifs is 3. The first-order chi connectivity index (χ1) is 27.4. The van der Waals surface area contributed by atoms with Gasteiger partial charge in [-0.15, -0.1) is 0 Å². The van der Waals surface area contributed by atoms with Crippen molar-refractivity contribution in [1.82, 2.24) is 20.2 Å². The van der Waals surface area contributed by atoms with Crippen molar-refractivity contribution in [3.63, 3.8) is 0 Å². The van der Waals surface area contributed by atoms with E-state index in [1.165, 1.54) is 12.1 Å². The molecular formula is C47H40N4O5. The first-order valence-corrected chi connectivity index (χ1v) is 18.5. The molecule has 8 rings (SSSR count). The van der Waals surface area contributed by atoms with Crippen molar-refractivity contribution in [2.45, 2.75) is 30.5 Å². The molecule has 0 aliphatic heterocycles. The number of nitrogens with zero attached hydrogens (tertiary/aromatic N) is 2. The molecule has 7 aromatic rings. The number of carbonyl (C=O) groups excluding carboxylic acids is 2. The molecule has 1 aromatic heterocycles. The van der Waals surface area contributed by atoms with Crippen molar-refractivity contribution < 1.29 is 24.5 Å². The van der Waals surface area contributed by atoms with Crippen LogP contribution >= 0.6 is 0 Å². The van der Waals surface area contributed by atoms with Gasteiger partial charge < -0.3 is 25.3 Å². The number of carbonyl (C=O) groups is 2. The molecule has 9 nitrogen and oxygen atoms in total. The SMILES string of the molecule is O=C(NCc1ccc(O)c(O)c1)[C@H](Cc1cnc[nH]1)N(C(=O)OCC1c2ccccc2-c2ccccc21)C(c1ccccc1)(c1ccccc1)c1ccccc1. The van der Waals surface area contributed by atoms with Gasteiger partial charge in [0.15, 0.2) is 11.5 Å². The van der Waals surface area contributed by atoms with Gasteiger partial charge in [-0.25, -0.2) is 9.78 Å². The van der Waals surface area contributed by atoms with E-state index in [2.05, 4.69) is 39.6 Å². The first kappa shape index (κ1) is 35.9. The maximum absolute atomic E-state index is 15.6. The number of imidazole rings is 1. The van der Waals surface area contributed by atoms with E-state index in [0.717, 1.165) is 38.9 Å². The topological polar surface area (TPSA) is 128 Å². The summed E-state index contributed by atoms with van der Waals surface area (Å²) in [4.78, 5) is 39.5. The number of hydrogen-bond donors (Lipinski definition) is 4. The quantitative estimate of drug-likeness (QED) is 0.0738. The van der Waals surface area contributed by atoms with E-state index >= 15 is 4.79 Å². The molecule has 0 saturated heterocycles. The Bertz CT molecular complexity index is 2300. The molecule has 0 saturated carbocycles. The molecule has 0 unspecified atom stereocenters. The minimum absolute atomic E-state index is 0.0136. The number of nitrogens with one attached hydrogen (secondary N) is 2. The van der Waals surface area contributed by atoms with Gasteiger partial charge in [0, 0.05) is 30.8 Å². The predicted molar refractivity (Wildman–Crippen MR) is 214 cm³/mol. The van der Waals surface area contributed by atoms with Crippen LogP contribution in [0.5, 0.6) is 11.5 Å². The molecule has 2 amide bonds. The highest BCUT2D eigenvalue weighted by molar-refractivity contribution is 5.88. The lowest BCUT2D eigenvalue weighted by Gasteiger charge is -2.47. The zero-order valence-electron chi connectivity index (χ0n) is 30.5. The fourth-order valence-electron chi connectivity index (χ4n) is 8.01. The summed E-state index contributed by atoms with van der Waals surface area (Å²) >= 11 is 0. The third-order valence-corrected chi connectivity index (χ3v) is 10.6.